The molecule has 0 fully saturated rings. The third-order valence-corrected chi connectivity index (χ3v) is 1.79. The van der Waals surface area contributed by atoms with E-state index in [9.17, 15) is 4.39 Å². The van der Waals surface area contributed by atoms with E-state index in [1.54, 1.807) is 12.1 Å². The fraction of sp³-hybridized carbons (Fsp3) is 0. The van der Waals surface area contributed by atoms with Crippen LogP contribution in [0.1, 0.15) is 5.56 Å². The Labute approximate surface area is 71.5 Å². The zero-order chi connectivity index (χ0) is 8.27. The van der Waals surface area contributed by atoms with Crippen LogP contribution in [0, 0.1) is 5.82 Å². The first kappa shape index (κ1) is 8.20. The summed E-state index contributed by atoms with van der Waals surface area (Å²) in [5.74, 6) is -0.373. The van der Waals surface area contributed by atoms with Gasteiger partial charge in [-0.25, -0.2) is 4.39 Å². The normalized spacial score (nSPS) is 10.7. The molecule has 1 aromatic rings. The lowest BCUT2D eigenvalue weighted by molar-refractivity contribution is 0.322. The van der Waals surface area contributed by atoms with Crippen LogP contribution in [-0.4, -0.2) is 11.4 Å². The van der Waals surface area contributed by atoms with Crippen molar-refractivity contribution in [2.75, 3.05) is 0 Å². The van der Waals surface area contributed by atoms with Crippen LogP contribution in [0.5, 0.6) is 0 Å². The second kappa shape index (κ2) is 3.48. The molecule has 1 aromatic carbocycles. The Bertz CT molecular complexity index is 288. The van der Waals surface area contributed by atoms with E-state index in [4.69, 9.17) is 5.21 Å². The van der Waals surface area contributed by atoms with Gasteiger partial charge in [0.1, 0.15) is 5.82 Å². The molecule has 0 aliphatic carbocycles. The summed E-state index contributed by atoms with van der Waals surface area (Å²) in [4.78, 5) is 0. The smallest absolute Gasteiger partial charge is 0.138 e. The summed E-state index contributed by atoms with van der Waals surface area (Å²) in [6.45, 7) is 0. The lowest BCUT2D eigenvalue weighted by Crippen LogP contribution is -1.83. The molecule has 0 saturated heterocycles. The highest BCUT2D eigenvalue weighted by Crippen LogP contribution is 2.15. The highest BCUT2D eigenvalue weighted by atomic mass is 79.9. The predicted molar refractivity (Wildman–Crippen MR) is 43.5 cm³/mol. The Morgan fingerprint density at radius 3 is 2.82 bits per heavy atom. The highest BCUT2D eigenvalue weighted by Gasteiger charge is 1.97. The van der Waals surface area contributed by atoms with Crippen LogP contribution in [0.25, 0.3) is 0 Å². The van der Waals surface area contributed by atoms with E-state index in [0.717, 1.165) is 6.21 Å². The van der Waals surface area contributed by atoms with Gasteiger partial charge in [0.25, 0.3) is 0 Å². The lowest BCUT2D eigenvalue weighted by atomic mass is 10.2. The van der Waals surface area contributed by atoms with Crippen molar-refractivity contribution in [2.24, 2.45) is 5.16 Å². The molecular weight excluding hydrogens is 213 g/mol. The summed E-state index contributed by atoms with van der Waals surface area (Å²) < 4.78 is 13.1. The van der Waals surface area contributed by atoms with E-state index in [0.29, 0.717) is 10.0 Å². The van der Waals surface area contributed by atoms with Gasteiger partial charge in [-0.3, -0.25) is 0 Å². The standard InChI is InChI=1S/C7H5BrFNO/c8-6-2-1-5(4-10-11)3-7(6)9/h1-4,11H/b10-4+. The van der Waals surface area contributed by atoms with Gasteiger partial charge in [0.15, 0.2) is 0 Å². The molecule has 11 heavy (non-hydrogen) atoms. The second-order valence-corrected chi connectivity index (χ2v) is 2.77. The van der Waals surface area contributed by atoms with Crippen molar-refractivity contribution in [3.05, 3.63) is 34.1 Å². The van der Waals surface area contributed by atoms with E-state index in [1.807, 2.05) is 0 Å². The van der Waals surface area contributed by atoms with E-state index in [-0.39, 0.29) is 5.82 Å². The van der Waals surface area contributed by atoms with Crippen LogP contribution in [0.3, 0.4) is 0 Å². The first-order valence-electron chi connectivity index (χ1n) is 2.86. The summed E-state index contributed by atoms with van der Waals surface area (Å²) in [6.07, 6.45) is 1.16. The molecule has 4 heteroatoms. The van der Waals surface area contributed by atoms with E-state index >= 15 is 0 Å². The summed E-state index contributed by atoms with van der Waals surface area (Å²) in [6, 6.07) is 4.45. The number of hydrogen-bond acceptors (Lipinski definition) is 2. The minimum atomic E-state index is -0.373. The Kier molecular flexibility index (Phi) is 2.59. The molecule has 0 radical (unpaired) electrons. The number of halogens is 2. The minimum Gasteiger partial charge on any atom is -0.411 e. The maximum absolute atomic E-state index is 12.7. The molecule has 0 atom stereocenters. The first-order valence-corrected chi connectivity index (χ1v) is 3.66. The van der Waals surface area contributed by atoms with Gasteiger partial charge in [-0.2, -0.15) is 0 Å². The zero-order valence-electron chi connectivity index (χ0n) is 5.46. The van der Waals surface area contributed by atoms with Gasteiger partial charge >= 0.3 is 0 Å². The van der Waals surface area contributed by atoms with Crippen LogP contribution in [-0.2, 0) is 0 Å². The van der Waals surface area contributed by atoms with Crippen LogP contribution >= 0.6 is 15.9 Å². The van der Waals surface area contributed by atoms with E-state index < -0.39 is 0 Å². The Balaban J connectivity index is 3.05. The van der Waals surface area contributed by atoms with Gasteiger partial charge in [-0.05, 0) is 33.6 Å². The van der Waals surface area contributed by atoms with Gasteiger partial charge in [-0.15, -0.1) is 0 Å². The van der Waals surface area contributed by atoms with Gasteiger partial charge in [0, 0.05) is 0 Å². The van der Waals surface area contributed by atoms with E-state index in [1.165, 1.54) is 6.07 Å². The molecular formula is C7H5BrFNO. The van der Waals surface area contributed by atoms with E-state index in [2.05, 4.69) is 21.1 Å². The predicted octanol–water partition coefficient (Wildman–Crippen LogP) is 2.40. The number of oxime groups is 1. The van der Waals surface area contributed by atoms with Crippen molar-refractivity contribution in [3.8, 4) is 0 Å². The van der Waals surface area contributed by atoms with Crippen molar-refractivity contribution in [1.29, 1.82) is 0 Å². The topological polar surface area (TPSA) is 32.6 Å². The fourth-order valence-corrected chi connectivity index (χ4v) is 0.906. The van der Waals surface area contributed by atoms with Crippen LogP contribution in [0.4, 0.5) is 4.39 Å². The van der Waals surface area contributed by atoms with Crippen LogP contribution < -0.4 is 0 Å². The summed E-state index contributed by atoms with van der Waals surface area (Å²) in [7, 11) is 0. The van der Waals surface area contributed by atoms with Crippen LogP contribution in [0.15, 0.2) is 27.8 Å². The molecule has 0 unspecified atom stereocenters. The number of rotatable bonds is 1. The van der Waals surface area contributed by atoms with Crippen molar-refractivity contribution >= 4 is 22.1 Å². The minimum absolute atomic E-state index is 0.373. The lowest BCUT2D eigenvalue weighted by Gasteiger charge is -1.94. The zero-order valence-corrected chi connectivity index (χ0v) is 7.05. The second-order valence-electron chi connectivity index (χ2n) is 1.92. The molecule has 0 spiro atoms. The molecule has 0 amide bonds. The molecule has 0 heterocycles. The Morgan fingerprint density at radius 1 is 1.55 bits per heavy atom. The molecule has 0 aliphatic rings. The largest absolute Gasteiger partial charge is 0.411 e. The van der Waals surface area contributed by atoms with Gasteiger partial charge < -0.3 is 5.21 Å². The summed E-state index contributed by atoms with van der Waals surface area (Å²) in [5.41, 5.74) is 0.521. The molecule has 0 saturated carbocycles. The maximum Gasteiger partial charge on any atom is 0.138 e. The first-order chi connectivity index (χ1) is 5.24. The van der Waals surface area contributed by atoms with Crippen LogP contribution in [0.2, 0.25) is 0 Å². The summed E-state index contributed by atoms with van der Waals surface area (Å²) in [5, 5.41) is 10.9. The van der Waals surface area contributed by atoms with Crippen molar-refractivity contribution in [3.63, 3.8) is 0 Å². The number of hydrogen-bond donors (Lipinski definition) is 1. The molecule has 0 aliphatic heterocycles. The van der Waals surface area contributed by atoms with Gasteiger partial charge in [-0.1, -0.05) is 11.2 Å². The number of benzene rings is 1. The van der Waals surface area contributed by atoms with Crippen molar-refractivity contribution < 1.29 is 9.60 Å². The molecule has 0 aromatic heterocycles. The van der Waals surface area contributed by atoms with Crippen molar-refractivity contribution in [1.82, 2.24) is 0 Å². The van der Waals surface area contributed by atoms with Gasteiger partial charge in [0.05, 0.1) is 10.7 Å². The van der Waals surface area contributed by atoms with Gasteiger partial charge in [0.2, 0.25) is 0 Å². The molecule has 2 nitrogen and oxygen atoms in total. The SMILES string of the molecule is O/N=C/c1ccc(Br)c(F)c1. The monoisotopic (exact) mass is 217 g/mol. The third kappa shape index (κ3) is 2.01. The molecule has 58 valence electrons. The molecule has 0 bridgehead atoms. The molecule has 1 N–H and O–H groups in total. The quantitative estimate of drug-likeness (QED) is 0.438. The Hall–Kier alpha value is -0.900. The Morgan fingerprint density at radius 2 is 2.27 bits per heavy atom. The number of nitrogens with zero attached hydrogens (tertiary/aromatic N) is 1. The highest BCUT2D eigenvalue weighted by molar-refractivity contribution is 9.10. The summed E-state index contributed by atoms with van der Waals surface area (Å²) >= 11 is 3.00. The average Bonchev–Trinajstić information content (AvgIpc) is 1.98. The molecule has 1 rings (SSSR count). The fourth-order valence-electron chi connectivity index (χ4n) is 0.659. The van der Waals surface area contributed by atoms with Crippen molar-refractivity contribution in [2.45, 2.75) is 0 Å². The average molecular weight is 218 g/mol. The third-order valence-electron chi connectivity index (χ3n) is 1.15. The maximum atomic E-state index is 12.7.